The second kappa shape index (κ2) is 9.59. The van der Waals surface area contributed by atoms with E-state index in [1.807, 2.05) is 0 Å². The molecule has 0 atom stereocenters. The molecule has 0 aliphatic rings. The van der Waals surface area contributed by atoms with Crippen LogP contribution in [-0.2, 0) is 31.7 Å². The predicted octanol–water partition coefficient (Wildman–Crippen LogP) is 3.06. The van der Waals surface area contributed by atoms with E-state index in [4.69, 9.17) is 4.74 Å². The van der Waals surface area contributed by atoms with Crippen molar-refractivity contribution in [2.45, 2.75) is 18.7 Å². The maximum absolute atomic E-state index is 14.3. The molecule has 1 amide bonds. The van der Waals surface area contributed by atoms with Crippen molar-refractivity contribution in [3.63, 3.8) is 0 Å². The van der Waals surface area contributed by atoms with Crippen LogP contribution in [0.25, 0.3) is 10.2 Å². The Morgan fingerprint density at radius 1 is 1.20 bits per heavy atom. The van der Waals surface area contributed by atoms with E-state index in [-0.39, 0.29) is 41.4 Å². The van der Waals surface area contributed by atoms with Crippen molar-refractivity contribution in [2.24, 2.45) is 4.99 Å². The zero-order valence-corrected chi connectivity index (χ0v) is 17.8. The molecule has 6 nitrogen and oxygen atoms in total. The molecule has 1 heterocycles. The zero-order chi connectivity index (χ0) is 21.7. The van der Waals surface area contributed by atoms with Crippen LogP contribution >= 0.6 is 11.3 Å². The molecule has 0 spiro atoms. The van der Waals surface area contributed by atoms with Crippen molar-refractivity contribution in [3.8, 4) is 0 Å². The number of nitrogens with zero attached hydrogens (tertiary/aromatic N) is 2. The molecule has 0 saturated heterocycles. The molecular weight excluding hydrogens is 434 g/mol. The van der Waals surface area contributed by atoms with Crippen LogP contribution < -0.4 is 4.80 Å². The number of benzene rings is 2. The number of aromatic nitrogens is 1. The predicted molar refractivity (Wildman–Crippen MR) is 111 cm³/mol. The first-order valence-corrected chi connectivity index (χ1v) is 11.7. The van der Waals surface area contributed by atoms with Gasteiger partial charge in [0.1, 0.15) is 5.82 Å². The fourth-order valence-electron chi connectivity index (χ4n) is 2.91. The summed E-state index contributed by atoms with van der Waals surface area (Å²) in [5.41, 5.74) is 0.767. The lowest BCUT2D eigenvalue weighted by molar-refractivity contribution is -0.117. The van der Waals surface area contributed by atoms with Gasteiger partial charge in [0.25, 0.3) is 0 Å². The van der Waals surface area contributed by atoms with Crippen LogP contribution in [0.2, 0.25) is 0 Å². The van der Waals surface area contributed by atoms with Gasteiger partial charge in [-0.05, 0) is 11.6 Å². The standard InChI is InChI=1S/C20H20F2N2O4S2/c1-28-9-8-24-19-16(22)11-15(21)12-17(19)29-20(24)23-18(25)7-10-30(26,27)13-14-5-3-2-4-6-14/h2-6,11-12H,7-10,13H2,1H3. The number of sulfone groups is 1. The Kier molecular flexibility index (Phi) is 7.11. The number of halogens is 2. The molecule has 30 heavy (non-hydrogen) atoms. The molecule has 0 saturated carbocycles. The first-order valence-electron chi connectivity index (χ1n) is 9.08. The van der Waals surface area contributed by atoms with Gasteiger partial charge in [0.05, 0.1) is 28.3 Å². The molecule has 0 aliphatic carbocycles. The molecule has 0 fully saturated rings. The number of carbonyl (C=O) groups is 1. The highest BCUT2D eigenvalue weighted by Gasteiger charge is 2.16. The molecule has 0 N–H and O–H groups in total. The average molecular weight is 455 g/mol. The Hall–Kier alpha value is -2.43. The maximum atomic E-state index is 14.3. The summed E-state index contributed by atoms with van der Waals surface area (Å²) in [4.78, 5) is 16.5. The van der Waals surface area contributed by atoms with Crippen molar-refractivity contribution in [1.29, 1.82) is 0 Å². The van der Waals surface area contributed by atoms with E-state index in [1.54, 1.807) is 30.3 Å². The van der Waals surface area contributed by atoms with Gasteiger partial charge < -0.3 is 9.30 Å². The first-order chi connectivity index (χ1) is 14.3. The van der Waals surface area contributed by atoms with Crippen LogP contribution in [0.5, 0.6) is 0 Å². The first kappa shape index (κ1) is 22.3. The minimum absolute atomic E-state index is 0.127. The van der Waals surface area contributed by atoms with Gasteiger partial charge in [0.15, 0.2) is 20.5 Å². The van der Waals surface area contributed by atoms with Crippen molar-refractivity contribution >= 4 is 37.3 Å². The van der Waals surface area contributed by atoms with Crippen molar-refractivity contribution in [3.05, 3.63) is 64.5 Å². The fourth-order valence-corrected chi connectivity index (χ4v) is 5.35. The molecule has 0 bridgehead atoms. The average Bonchev–Trinajstić information content (AvgIpc) is 3.02. The number of hydrogen-bond donors (Lipinski definition) is 0. The molecular formula is C20H20F2N2O4S2. The number of fused-ring (bicyclic) bond motifs is 1. The number of amides is 1. The van der Waals surface area contributed by atoms with E-state index in [2.05, 4.69) is 4.99 Å². The van der Waals surface area contributed by atoms with Crippen LogP contribution in [0.4, 0.5) is 8.78 Å². The van der Waals surface area contributed by atoms with E-state index < -0.39 is 27.4 Å². The molecule has 3 rings (SSSR count). The molecule has 10 heteroatoms. The molecule has 1 aromatic heterocycles. The smallest absolute Gasteiger partial charge is 0.249 e. The molecule has 2 aromatic carbocycles. The summed E-state index contributed by atoms with van der Waals surface area (Å²) >= 11 is 0.957. The third-order valence-electron chi connectivity index (χ3n) is 4.29. The quantitative estimate of drug-likeness (QED) is 0.524. The summed E-state index contributed by atoms with van der Waals surface area (Å²) in [5, 5.41) is 0. The fraction of sp³-hybridized carbons (Fsp3) is 0.300. The van der Waals surface area contributed by atoms with Crippen LogP contribution in [0, 0.1) is 11.6 Å². The summed E-state index contributed by atoms with van der Waals surface area (Å²) in [6, 6.07) is 10.6. The summed E-state index contributed by atoms with van der Waals surface area (Å²) in [5.74, 6) is -2.66. The van der Waals surface area contributed by atoms with E-state index in [0.717, 1.165) is 17.4 Å². The van der Waals surface area contributed by atoms with Gasteiger partial charge in [-0.1, -0.05) is 41.7 Å². The number of thiazole rings is 1. The highest BCUT2D eigenvalue weighted by Crippen LogP contribution is 2.22. The zero-order valence-electron chi connectivity index (χ0n) is 16.2. The van der Waals surface area contributed by atoms with Crippen LogP contribution in [0.3, 0.4) is 0 Å². The van der Waals surface area contributed by atoms with Crippen molar-refractivity contribution in [1.82, 2.24) is 4.57 Å². The van der Waals surface area contributed by atoms with Gasteiger partial charge in [0.2, 0.25) is 5.91 Å². The number of rotatable bonds is 8. The van der Waals surface area contributed by atoms with Gasteiger partial charge in [-0.25, -0.2) is 17.2 Å². The van der Waals surface area contributed by atoms with Gasteiger partial charge >= 0.3 is 0 Å². The third-order valence-corrected chi connectivity index (χ3v) is 6.92. The Balaban J connectivity index is 1.83. The van der Waals surface area contributed by atoms with E-state index in [1.165, 1.54) is 17.7 Å². The minimum atomic E-state index is -3.50. The summed E-state index contributed by atoms with van der Waals surface area (Å²) in [6.07, 6.45) is -0.301. The minimum Gasteiger partial charge on any atom is -0.383 e. The molecule has 0 aliphatic heterocycles. The molecule has 160 valence electrons. The van der Waals surface area contributed by atoms with E-state index in [0.29, 0.717) is 10.3 Å². The highest BCUT2D eigenvalue weighted by molar-refractivity contribution is 7.90. The third kappa shape index (κ3) is 5.59. The summed E-state index contributed by atoms with van der Waals surface area (Å²) in [7, 11) is -2.02. The lowest BCUT2D eigenvalue weighted by atomic mass is 10.2. The Bertz CT molecular complexity index is 1220. The number of ether oxygens (including phenoxy) is 1. The largest absolute Gasteiger partial charge is 0.383 e. The van der Waals surface area contributed by atoms with E-state index in [9.17, 15) is 22.0 Å². The normalized spacial score (nSPS) is 12.6. The Labute approximate surface area is 176 Å². The lowest BCUT2D eigenvalue weighted by Gasteiger charge is -2.05. The van der Waals surface area contributed by atoms with Gasteiger partial charge in [0, 0.05) is 26.1 Å². The maximum Gasteiger partial charge on any atom is 0.249 e. The monoisotopic (exact) mass is 454 g/mol. The number of carbonyl (C=O) groups excluding carboxylic acids is 1. The van der Waals surface area contributed by atoms with E-state index >= 15 is 0 Å². The van der Waals surface area contributed by atoms with Crippen molar-refractivity contribution in [2.75, 3.05) is 19.5 Å². The Morgan fingerprint density at radius 2 is 1.93 bits per heavy atom. The van der Waals surface area contributed by atoms with Crippen molar-refractivity contribution < 1.29 is 26.7 Å². The number of methoxy groups -OCH3 is 1. The van der Waals surface area contributed by atoms with Gasteiger partial charge in [-0.15, -0.1) is 0 Å². The van der Waals surface area contributed by atoms with Crippen LogP contribution in [0.1, 0.15) is 12.0 Å². The van der Waals surface area contributed by atoms with Crippen LogP contribution in [0.15, 0.2) is 47.5 Å². The summed E-state index contributed by atoms with van der Waals surface area (Å²) < 4.78 is 59.2. The SMILES string of the molecule is COCCn1c(=NC(=O)CCS(=O)(=O)Cc2ccccc2)sc2cc(F)cc(F)c21. The summed E-state index contributed by atoms with van der Waals surface area (Å²) in [6.45, 7) is 0.437. The van der Waals surface area contributed by atoms with Gasteiger partial charge in [-0.3, -0.25) is 4.79 Å². The Morgan fingerprint density at radius 3 is 2.63 bits per heavy atom. The lowest BCUT2D eigenvalue weighted by Crippen LogP contribution is -2.20. The second-order valence-electron chi connectivity index (χ2n) is 6.60. The highest BCUT2D eigenvalue weighted by atomic mass is 32.2. The second-order valence-corrected chi connectivity index (χ2v) is 9.79. The molecule has 0 radical (unpaired) electrons. The topological polar surface area (TPSA) is 77.7 Å². The van der Waals surface area contributed by atoms with Crippen LogP contribution in [-0.4, -0.2) is 38.4 Å². The number of hydrogen-bond acceptors (Lipinski definition) is 5. The molecule has 0 unspecified atom stereocenters. The van der Waals surface area contributed by atoms with Gasteiger partial charge in [-0.2, -0.15) is 4.99 Å². The molecule has 3 aromatic rings.